The summed E-state index contributed by atoms with van der Waals surface area (Å²) in [6.07, 6.45) is 1.47. The number of aryl methyl sites for hydroxylation is 1. The van der Waals surface area contributed by atoms with E-state index in [1.807, 2.05) is 11.8 Å². The van der Waals surface area contributed by atoms with E-state index in [4.69, 9.17) is 5.11 Å². The van der Waals surface area contributed by atoms with Crippen molar-refractivity contribution < 1.29 is 9.90 Å². The Labute approximate surface area is 94.9 Å². The second kappa shape index (κ2) is 4.61. The Kier molecular flexibility index (Phi) is 3.64. The molecule has 0 atom stereocenters. The van der Waals surface area contributed by atoms with Gasteiger partial charge in [-0.25, -0.2) is 4.98 Å². The topological polar surface area (TPSA) is 71.2 Å². The fraction of sp³-hybridized carbons (Fsp3) is 0.700. The van der Waals surface area contributed by atoms with Crippen molar-refractivity contribution in [1.29, 1.82) is 0 Å². The van der Waals surface area contributed by atoms with Gasteiger partial charge >= 0.3 is 5.97 Å². The van der Waals surface area contributed by atoms with Gasteiger partial charge < -0.3 is 5.11 Å². The predicted molar refractivity (Wildman–Crippen MR) is 58.8 cm³/mol. The zero-order chi connectivity index (χ0) is 12.3. The van der Waals surface area contributed by atoms with Crippen molar-refractivity contribution >= 4 is 5.97 Å². The Morgan fingerprint density at radius 1 is 1.62 bits per heavy atom. The summed E-state index contributed by atoms with van der Waals surface area (Å²) in [5.41, 5.74) is -0.902. The molecule has 0 radical (unpaired) electrons. The SMILES string of the molecule is CCN(Cc1ncnn1C)C(C)(C)C(=O)O. The third-order valence-electron chi connectivity index (χ3n) is 2.83. The quantitative estimate of drug-likeness (QED) is 0.791. The molecule has 6 nitrogen and oxygen atoms in total. The highest BCUT2D eigenvalue weighted by atomic mass is 16.4. The lowest BCUT2D eigenvalue weighted by Crippen LogP contribution is -2.49. The van der Waals surface area contributed by atoms with Gasteiger partial charge in [-0.1, -0.05) is 6.92 Å². The average molecular weight is 226 g/mol. The molecule has 1 aromatic heterocycles. The van der Waals surface area contributed by atoms with Crippen molar-refractivity contribution in [3.8, 4) is 0 Å². The summed E-state index contributed by atoms with van der Waals surface area (Å²) in [7, 11) is 1.80. The zero-order valence-electron chi connectivity index (χ0n) is 10.1. The summed E-state index contributed by atoms with van der Waals surface area (Å²) in [5, 5.41) is 13.1. The minimum Gasteiger partial charge on any atom is -0.480 e. The first-order chi connectivity index (χ1) is 7.39. The number of hydrogen-bond acceptors (Lipinski definition) is 4. The summed E-state index contributed by atoms with van der Waals surface area (Å²) >= 11 is 0. The maximum Gasteiger partial charge on any atom is 0.323 e. The predicted octanol–water partition coefficient (Wildman–Crippen LogP) is 0.500. The lowest BCUT2D eigenvalue weighted by atomic mass is 10.0. The molecule has 0 saturated carbocycles. The normalized spacial score (nSPS) is 12.1. The monoisotopic (exact) mass is 226 g/mol. The molecular formula is C10H18N4O2. The van der Waals surface area contributed by atoms with Crippen molar-refractivity contribution in [2.24, 2.45) is 7.05 Å². The number of carboxylic acids is 1. The van der Waals surface area contributed by atoms with E-state index in [1.165, 1.54) is 6.33 Å². The molecule has 90 valence electrons. The molecule has 1 rings (SSSR count). The molecule has 0 aliphatic heterocycles. The van der Waals surface area contributed by atoms with Crippen LogP contribution in [0.15, 0.2) is 6.33 Å². The highest BCUT2D eigenvalue weighted by Crippen LogP contribution is 2.16. The van der Waals surface area contributed by atoms with Gasteiger partial charge in [0.1, 0.15) is 17.7 Å². The van der Waals surface area contributed by atoms with Crippen molar-refractivity contribution in [3.05, 3.63) is 12.2 Å². The van der Waals surface area contributed by atoms with Gasteiger partial charge in [0.05, 0.1) is 6.54 Å². The molecule has 1 N–H and O–H groups in total. The fourth-order valence-electron chi connectivity index (χ4n) is 1.47. The van der Waals surface area contributed by atoms with E-state index in [-0.39, 0.29) is 0 Å². The molecule has 0 aliphatic rings. The van der Waals surface area contributed by atoms with Crippen molar-refractivity contribution in [1.82, 2.24) is 19.7 Å². The number of hydrogen-bond donors (Lipinski definition) is 1. The van der Waals surface area contributed by atoms with Crippen LogP contribution in [0.5, 0.6) is 0 Å². The zero-order valence-corrected chi connectivity index (χ0v) is 10.1. The van der Waals surface area contributed by atoms with Gasteiger partial charge in [-0.15, -0.1) is 0 Å². The van der Waals surface area contributed by atoms with E-state index in [2.05, 4.69) is 10.1 Å². The Hall–Kier alpha value is -1.43. The molecule has 0 aromatic carbocycles. The average Bonchev–Trinajstić information content (AvgIpc) is 2.60. The molecule has 0 spiro atoms. The molecule has 16 heavy (non-hydrogen) atoms. The van der Waals surface area contributed by atoms with Crippen LogP contribution in [0.3, 0.4) is 0 Å². The number of likely N-dealkylation sites (N-methyl/N-ethyl adjacent to an activating group) is 1. The Morgan fingerprint density at radius 2 is 2.25 bits per heavy atom. The first-order valence-corrected chi connectivity index (χ1v) is 5.21. The minimum atomic E-state index is -0.902. The molecular weight excluding hydrogens is 208 g/mol. The highest BCUT2D eigenvalue weighted by Gasteiger charge is 2.34. The van der Waals surface area contributed by atoms with Crippen LogP contribution in [-0.2, 0) is 18.4 Å². The van der Waals surface area contributed by atoms with Crippen LogP contribution in [-0.4, -0.2) is 42.8 Å². The number of carbonyl (C=O) groups is 1. The van der Waals surface area contributed by atoms with Gasteiger partial charge in [0, 0.05) is 7.05 Å². The van der Waals surface area contributed by atoms with Crippen molar-refractivity contribution in [3.63, 3.8) is 0 Å². The van der Waals surface area contributed by atoms with Crippen LogP contribution in [0.1, 0.15) is 26.6 Å². The molecule has 0 fully saturated rings. The van der Waals surface area contributed by atoms with Crippen LogP contribution >= 0.6 is 0 Å². The number of rotatable bonds is 5. The van der Waals surface area contributed by atoms with E-state index in [9.17, 15) is 4.79 Å². The molecule has 1 aromatic rings. The summed E-state index contributed by atoms with van der Waals surface area (Å²) < 4.78 is 1.65. The maximum absolute atomic E-state index is 11.2. The largest absolute Gasteiger partial charge is 0.480 e. The molecule has 0 saturated heterocycles. The van der Waals surface area contributed by atoms with E-state index < -0.39 is 11.5 Å². The van der Waals surface area contributed by atoms with Crippen LogP contribution < -0.4 is 0 Å². The number of aliphatic carboxylic acids is 1. The molecule has 6 heteroatoms. The summed E-state index contributed by atoms with van der Waals surface area (Å²) in [5.74, 6) is -0.0762. The highest BCUT2D eigenvalue weighted by molar-refractivity contribution is 5.77. The maximum atomic E-state index is 11.2. The van der Waals surface area contributed by atoms with Gasteiger partial charge in [-0.3, -0.25) is 14.4 Å². The smallest absolute Gasteiger partial charge is 0.323 e. The van der Waals surface area contributed by atoms with Crippen LogP contribution in [0, 0.1) is 0 Å². The third kappa shape index (κ3) is 2.38. The third-order valence-corrected chi connectivity index (χ3v) is 2.83. The van der Waals surface area contributed by atoms with Gasteiger partial charge in [0.25, 0.3) is 0 Å². The van der Waals surface area contributed by atoms with E-state index in [0.717, 1.165) is 5.82 Å². The second-order valence-electron chi connectivity index (χ2n) is 4.18. The van der Waals surface area contributed by atoms with Crippen molar-refractivity contribution in [2.75, 3.05) is 6.54 Å². The van der Waals surface area contributed by atoms with Crippen LogP contribution in [0.2, 0.25) is 0 Å². The lowest BCUT2D eigenvalue weighted by molar-refractivity contribution is -0.149. The molecule has 0 unspecified atom stereocenters. The van der Waals surface area contributed by atoms with E-state index >= 15 is 0 Å². The van der Waals surface area contributed by atoms with Crippen LogP contribution in [0.4, 0.5) is 0 Å². The minimum absolute atomic E-state index is 0.478. The summed E-state index contributed by atoms with van der Waals surface area (Å²) in [6.45, 7) is 6.43. The fourth-order valence-corrected chi connectivity index (χ4v) is 1.47. The number of carboxylic acid groups (broad SMARTS) is 1. The van der Waals surface area contributed by atoms with Gasteiger partial charge in [0.2, 0.25) is 0 Å². The molecule has 0 aliphatic carbocycles. The van der Waals surface area contributed by atoms with E-state index in [1.54, 1.807) is 25.6 Å². The summed E-state index contributed by atoms with van der Waals surface area (Å²) in [6, 6.07) is 0. The molecule has 1 heterocycles. The first kappa shape index (κ1) is 12.6. The van der Waals surface area contributed by atoms with Gasteiger partial charge in [-0.05, 0) is 20.4 Å². The second-order valence-corrected chi connectivity index (χ2v) is 4.18. The molecule has 0 amide bonds. The Bertz CT molecular complexity index is 373. The summed E-state index contributed by atoms with van der Waals surface area (Å²) in [4.78, 5) is 17.1. The Morgan fingerprint density at radius 3 is 2.62 bits per heavy atom. The standard InChI is InChI=1S/C10H18N4O2/c1-5-14(10(2,3)9(15)16)6-8-11-7-12-13(8)4/h7H,5-6H2,1-4H3,(H,15,16). The molecule has 0 bridgehead atoms. The Balaban J connectivity index is 2.85. The number of aromatic nitrogens is 3. The number of nitrogens with zero attached hydrogens (tertiary/aromatic N) is 4. The van der Waals surface area contributed by atoms with Crippen LogP contribution in [0.25, 0.3) is 0 Å². The van der Waals surface area contributed by atoms with Gasteiger partial charge in [0.15, 0.2) is 0 Å². The first-order valence-electron chi connectivity index (χ1n) is 5.21. The lowest BCUT2D eigenvalue weighted by Gasteiger charge is -2.33. The van der Waals surface area contributed by atoms with Gasteiger partial charge in [-0.2, -0.15) is 5.10 Å². The van der Waals surface area contributed by atoms with Crippen molar-refractivity contribution in [2.45, 2.75) is 32.9 Å². The van der Waals surface area contributed by atoms with E-state index in [0.29, 0.717) is 13.1 Å².